The van der Waals surface area contributed by atoms with E-state index in [0.29, 0.717) is 11.0 Å². The van der Waals surface area contributed by atoms with Crippen LogP contribution in [0.1, 0.15) is 43.2 Å². The van der Waals surface area contributed by atoms with Crippen molar-refractivity contribution in [2.45, 2.75) is 51.1 Å². The molecule has 1 aromatic carbocycles. The van der Waals surface area contributed by atoms with Gasteiger partial charge in [0, 0.05) is 17.7 Å². The molecule has 1 saturated heterocycles. The monoisotopic (exact) mass is 437 g/mol. The maximum absolute atomic E-state index is 5.24. The van der Waals surface area contributed by atoms with Crippen molar-refractivity contribution in [3.63, 3.8) is 0 Å². The fraction of sp³-hybridized carbons (Fsp3) is 0.375. The Kier molecular flexibility index (Phi) is 6.34. The molecule has 2 aliphatic rings. The molecule has 0 radical (unpaired) electrons. The number of benzene rings is 1. The average molecular weight is 438 g/mol. The van der Waals surface area contributed by atoms with Crippen molar-refractivity contribution in [2.75, 3.05) is 7.11 Å². The summed E-state index contributed by atoms with van der Waals surface area (Å²) >= 11 is 3.28. The van der Waals surface area contributed by atoms with Gasteiger partial charge in [0.25, 0.3) is 0 Å². The van der Waals surface area contributed by atoms with Gasteiger partial charge < -0.3 is 4.74 Å². The lowest BCUT2D eigenvalue weighted by Crippen LogP contribution is -2.25. The fourth-order valence-electron chi connectivity index (χ4n) is 4.18. The predicted molar refractivity (Wildman–Crippen MR) is 128 cm³/mol. The van der Waals surface area contributed by atoms with Gasteiger partial charge in [0.15, 0.2) is 5.16 Å². The zero-order chi connectivity index (χ0) is 21.1. The number of thioether (sulfide) groups is 2. The number of nitrogens with zero attached hydrogens (tertiary/aromatic N) is 3. The summed E-state index contributed by atoms with van der Waals surface area (Å²) < 4.78 is 5.24. The summed E-state index contributed by atoms with van der Waals surface area (Å²) in [5, 5.41) is 3.90. The molecule has 2 aromatic rings. The second-order valence-corrected chi connectivity index (χ2v) is 9.96. The van der Waals surface area contributed by atoms with E-state index in [1.54, 1.807) is 31.1 Å². The maximum atomic E-state index is 5.24. The highest BCUT2D eigenvalue weighted by molar-refractivity contribution is 8.17. The van der Waals surface area contributed by atoms with Crippen molar-refractivity contribution in [3.05, 3.63) is 64.1 Å². The molecule has 1 aromatic heterocycles. The van der Waals surface area contributed by atoms with Gasteiger partial charge in [-0.25, -0.2) is 9.98 Å². The molecule has 0 unspecified atom stereocenters. The van der Waals surface area contributed by atoms with Crippen LogP contribution in [0.3, 0.4) is 0 Å². The van der Waals surface area contributed by atoms with Crippen LogP contribution in [0.25, 0.3) is 0 Å². The normalized spacial score (nSPS) is 21.0. The molecule has 1 aliphatic heterocycles. The largest absolute Gasteiger partial charge is 0.481 e. The van der Waals surface area contributed by atoms with E-state index in [1.165, 1.54) is 59.1 Å². The number of aromatic nitrogens is 2. The summed E-state index contributed by atoms with van der Waals surface area (Å²) in [6.07, 6.45) is 7.71. The quantitative estimate of drug-likeness (QED) is 0.380. The van der Waals surface area contributed by atoms with Crippen LogP contribution < -0.4 is 4.74 Å². The second kappa shape index (κ2) is 8.98. The number of allylic oxidation sites excluding steroid dienone is 1. The Balaban J connectivity index is 1.69. The van der Waals surface area contributed by atoms with Crippen molar-refractivity contribution in [2.24, 2.45) is 10.4 Å². The van der Waals surface area contributed by atoms with E-state index < -0.39 is 0 Å². The van der Waals surface area contributed by atoms with E-state index in [0.717, 1.165) is 17.2 Å². The minimum atomic E-state index is 0.202. The molecule has 2 heterocycles. The SMILES string of the molecule is C=C1SC(=Nc2ccc(C)cc2C)/C(=C/Sc2nccc(OC)n2)CC12CCCC2. The van der Waals surface area contributed by atoms with Crippen molar-refractivity contribution in [1.82, 2.24) is 9.97 Å². The zero-order valence-corrected chi connectivity index (χ0v) is 19.4. The van der Waals surface area contributed by atoms with E-state index in [4.69, 9.17) is 9.73 Å². The summed E-state index contributed by atoms with van der Waals surface area (Å²) in [5.74, 6) is 0.578. The van der Waals surface area contributed by atoms with Gasteiger partial charge in [0.1, 0.15) is 5.04 Å². The molecule has 0 bridgehead atoms. The molecule has 6 heteroatoms. The maximum Gasteiger partial charge on any atom is 0.217 e. The molecule has 0 N–H and O–H groups in total. The third-order valence-electron chi connectivity index (χ3n) is 5.87. The number of ether oxygens (including phenoxy) is 1. The van der Waals surface area contributed by atoms with Gasteiger partial charge in [-0.05, 0) is 60.6 Å². The summed E-state index contributed by atoms with van der Waals surface area (Å²) in [7, 11) is 1.62. The summed E-state index contributed by atoms with van der Waals surface area (Å²) in [4.78, 5) is 15.1. The first-order valence-corrected chi connectivity index (χ1v) is 11.9. The van der Waals surface area contributed by atoms with Crippen LogP contribution in [0.15, 0.2) is 63.1 Å². The van der Waals surface area contributed by atoms with E-state index in [1.807, 2.05) is 0 Å². The molecule has 1 aliphatic carbocycles. The molecule has 0 amide bonds. The van der Waals surface area contributed by atoms with E-state index >= 15 is 0 Å². The molecular formula is C24H27N3OS2. The molecule has 1 saturated carbocycles. The van der Waals surface area contributed by atoms with Crippen LogP contribution in [0.2, 0.25) is 0 Å². The Hall–Kier alpha value is -2.05. The van der Waals surface area contributed by atoms with Crippen LogP contribution in [-0.2, 0) is 0 Å². The van der Waals surface area contributed by atoms with Gasteiger partial charge in [0.05, 0.1) is 12.8 Å². The van der Waals surface area contributed by atoms with Crippen LogP contribution in [0, 0.1) is 19.3 Å². The van der Waals surface area contributed by atoms with Gasteiger partial charge in [-0.3, -0.25) is 0 Å². The molecule has 0 atom stereocenters. The Morgan fingerprint density at radius 1 is 1.23 bits per heavy atom. The second-order valence-electron chi connectivity index (χ2n) is 8.04. The summed E-state index contributed by atoms with van der Waals surface area (Å²) in [5.41, 5.74) is 4.92. The third-order valence-corrected chi connectivity index (χ3v) is 7.91. The van der Waals surface area contributed by atoms with E-state index in [9.17, 15) is 0 Å². The average Bonchev–Trinajstić information content (AvgIpc) is 3.21. The third kappa shape index (κ3) is 4.49. The Labute approximate surface area is 187 Å². The first-order chi connectivity index (χ1) is 14.5. The van der Waals surface area contributed by atoms with Gasteiger partial charge in [-0.15, -0.1) is 0 Å². The molecule has 4 nitrogen and oxygen atoms in total. The number of aliphatic imine (C=N–C) groups is 1. The molecule has 4 rings (SSSR count). The van der Waals surface area contributed by atoms with Crippen LogP contribution >= 0.6 is 23.5 Å². The number of aryl methyl sites for hydroxylation is 2. The first-order valence-electron chi connectivity index (χ1n) is 10.3. The highest BCUT2D eigenvalue weighted by Gasteiger charge is 2.42. The molecule has 2 fully saturated rings. The Morgan fingerprint density at radius 2 is 2.03 bits per heavy atom. The fourth-order valence-corrected chi connectivity index (χ4v) is 6.10. The summed E-state index contributed by atoms with van der Waals surface area (Å²) in [6, 6.07) is 8.17. The van der Waals surface area contributed by atoms with Crippen LogP contribution in [0.5, 0.6) is 5.88 Å². The topological polar surface area (TPSA) is 47.4 Å². The molecule has 156 valence electrons. The lowest BCUT2D eigenvalue weighted by atomic mass is 9.79. The van der Waals surface area contributed by atoms with Crippen molar-refractivity contribution < 1.29 is 4.74 Å². The molecule has 1 spiro atoms. The number of hydrogen-bond acceptors (Lipinski definition) is 6. The molecule has 30 heavy (non-hydrogen) atoms. The van der Waals surface area contributed by atoms with Crippen molar-refractivity contribution in [3.8, 4) is 5.88 Å². The molecular weight excluding hydrogens is 410 g/mol. The van der Waals surface area contributed by atoms with Crippen molar-refractivity contribution >= 4 is 34.3 Å². The highest BCUT2D eigenvalue weighted by Crippen LogP contribution is 2.56. The predicted octanol–water partition coefficient (Wildman–Crippen LogP) is 7.02. The Morgan fingerprint density at radius 3 is 2.77 bits per heavy atom. The van der Waals surface area contributed by atoms with Crippen molar-refractivity contribution in [1.29, 1.82) is 0 Å². The van der Waals surface area contributed by atoms with Gasteiger partial charge in [0.2, 0.25) is 5.88 Å². The zero-order valence-electron chi connectivity index (χ0n) is 17.8. The lowest BCUT2D eigenvalue weighted by Gasteiger charge is -2.37. The minimum absolute atomic E-state index is 0.202. The highest BCUT2D eigenvalue weighted by atomic mass is 32.2. The van der Waals surface area contributed by atoms with Crippen LogP contribution in [0.4, 0.5) is 5.69 Å². The van der Waals surface area contributed by atoms with E-state index in [-0.39, 0.29) is 5.41 Å². The number of methoxy groups -OCH3 is 1. The minimum Gasteiger partial charge on any atom is -0.481 e. The lowest BCUT2D eigenvalue weighted by molar-refractivity contribution is 0.388. The first kappa shape index (κ1) is 21.2. The van der Waals surface area contributed by atoms with Gasteiger partial charge in [-0.2, -0.15) is 4.98 Å². The van der Waals surface area contributed by atoms with E-state index in [2.05, 4.69) is 54.0 Å². The number of rotatable bonds is 4. The standard InChI is InChI=1S/C24H27N3OS2/c1-16-7-8-20(17(2)13-16)26-22-19(14-24(18(3)30-22)10-5-6-11-24)15-29-23-25-12-9-21(27-23)28-4/h7-9,12-13,15H,3,5-6,10-11,14H2,1-2,4H3/b19-15+,26-22?. The smallest absolute Gasteiger partial charge is 0.217 e. The summed E-state index contributed by atoms with van der Waals surface area (Å²) in [6.45, 7) is 8.69. The Bertz CT molecular complexity index is 1020. The van der Waals surface area contributed by atoms with Crippen LogP contribution in [-0.4, -0.2) is 22.1 Å². The van der Waals surface area contributed by atoms with Gasteiger partial charge in [-0.1, -0.05) is 60.6 Å². The number of hydrogen-bond donors (Lipinski definition) is 0. The van der Waals surface area contributed by atoms with Gasteiger partial charge >= 0.3 is 0 Å².